The molecule has 24 heavy (non-hydrogen) atoms. The lowest BCUT2D eigenvalue weighted by Crippen LogP contribution is -2.44. The molecular weight excluding hydrogens is 302 g/mol. The monoisotopic (exact) mass is 333 g/mol. The van der Waals surface area contributed by atoms with Crippen molar-refractivity contribution in [3.05, 3.63) is 29.8 Å². The van der Waals surface area contributed by atoms with Gasteiger partial charge in [-0.2, -0.15) is 0 Å². The highest BCUT2D eigenvalue weighted by Gasteiger charge is 2.09. The van der Waals surface area contributed by atoms with Crippen LogP contribution < -0.4 is 15.4 Å². The summed E-state index contributed by atoms with van der Waals surface area (Å²) in [6.07, 6.45) is 1.44. The van der Waals surface area contributed by atoms with Crippen molar-refractivity contribution in [1.82, 2.24) is 15.5 Å². The Balaban J connectivity index is 1.61. The number of ether oxygens (including phenoxy) is 1. The number of nitrogens with one attached hydrogen (secondary N) is 2. The molecule has 1 fully saturated rings. The van der Waals surface area contributed by atoms with E-state index < -0.39 is 0 Å². The van der Waals surface area contributed by atoms with Gasteiger partial charge in [0.2, 0.25) is 5.91 Å². The first-order chi connectivity index (χ1) is 11.6. The Morgan fingerprint density at radius 2 is 1.96 bits per heavy atom. The van der Waals surface area contributed by atoms with Crippen LogP contribution in [0.4, 0.5) is 0 Å². The number of carbonyl (C=O) groups is 1. The smallest absolute Gasteiger partial charge is 0.224 e. The van der Waals surface area contributed by atoms with Crippen LogP contribution in [0, 0.1) is 5.92 Å². The Kier molecular flexibility index (Phi) is 8.05. The lowest BCUT2D eigenvalue weighted by molar-refractivity contribution is -0.120. The SMILES string of the molecule is CC(C)COc1ccc(CC(=O)NCCCN2CCNCC2)cc1. The molecule has 2 rings (SSSR count). The van der Waals surface area contributed by atoms with Crippen LogP contribution in [0.25, 0.3) is 0 Å². The van der Waals surface area contributed by atoms with Crippen LogP contribution in [-0.4, -0.2) is 56.7 Å². The normalized spacial score (nSPS) is 15.5. The van der Waals surface area contributed by atoms with Crippen molar-refractivity contribution < 1.29 is 9.53 Å². The van der Waals surface area contributed by atoms with E-state index in [1.807, 2.05) is 24.3 Å². The molecule has 2 N–H and O–H groups in total. The van der Waals surface area contributed by atoms with Crippen LogP contribution in [0.3, 0.4) is 0 Å². The molecule has 5 heteroatoms. The van der Waals surface area contributed by atoms with E-state index in [4.69, 9.17) is 4.74 Å². The fourth-order valence-electron chi connectivity index (χ4n) is 2.68. The van der Waals surface area contributed by atoms with Gasteiger partial charge in [0.1, 0.15) is 5.75 Å². The minimum absolute atomic E-state index is 0.0890. The Morgan fingerprint density at radius 3 is 2.62 bits per heavy atom. The minimum atomic E-state index is 0.0890. The van der Waals surface area contributed by atoms with Gasteiger partial charge in [0.05, 0.1) is 13.0 Å². The van der Waals surface area contributed by atoms with Crippen molar-refractivity contribution in [1.29, 1.82) is 0 Å². The van der Waals surface area contributed by atoms with Gasteiger partial charge < -0.3 is 20.3 Å². The van der Waals surface area contributed by atoms with E-state index in [1.54, 1.807) is 0 Å². The molecule has 0 aromatic heterocycles. The second-order valence-electron chi connectivity index (χ2n) is 6.82. The van der Waals surface area contributed by atoms with Crippen LogP contribution in [0.15, 0.2) is 24.3 Å². The van der Waals surface area contributed by atoms with Crippen molar-refractivity contribution in [3.8, 4) is 5.75 Å². The minimum Gasteiger partial charge on any atom is -0.493 e. The number of piperazine rings is 1. The first-order valence-corrected chi connectivity index (χ1v) is 9.05. The van der Waals surface area contributed by atoms with Gasteiger partial charge in [-0.25, -0.2) is 0 Å². The fourth-order valence-corrected chi connectivity index (χ4v) is 2.68. The first kappa shape index (κ1) is 18.7. The van der Waals surface area contributed by atoms with Gasteiger partial charge in [0.25, 0.3) is 0 Å². The molecule has 1 saturated heterocycles. The van der Waals surface area contributed by atoms with Crippen LogP contribution in [-0.2, 0) is 11.2 Å². The third kappa shape index (κ3) is 7.32. The number of carbonyl (C=O) groups excluding carboxylic acids is 1. The molecule has 1 amide bonds. The van der Waals surface area contributed by atoms with Crippen molar-refractivity contribution in [2.75, 3.05) is 45.9 Å². The number of amides is 1. The summed E-state index contributed by atoms with van der Waals surface area (Å²) < 4.78 is 5.65. The molecule has 0 atom stereocenters. The van der Waals surface area contributed by atoms with Gasteiger partial charge in [-0.3, -0.25) is 4.79 Å². The number of rotatable bonds is 9. The highest BCUT2D eigenvalue weighted by atomic mass is 16.5. The summed E-state index contributed by atoms with van der Waals surface area (Å²) in [5.41, 5.74) is 1.02. The summed E-state index contributed by atoms with van der Waals surface area (Å²) in [6.45, 7) is 11.1. The van der Waals surface area contributed by atoms with E-state index in [1.165, 1.54) is 0 Å². The highest BCUT2D eigenvalue weighted by Crippen LogP contribution is 2.13. The molecule has 0 aliphatic carbocycles. The zero-order valence-corrected chi connectivity index (χ0v) is 15.0. The van der Waals surface area contributed by atoms with Crippen molar-refractivity contribution in [2.24, 2.45) is 5.92 Å². The average Bonchev–Trinajstić information content (AvgIpc) is 2.59. The number of benzene rings is 1. The number of hydrogen-bond acceptors (Lipinski definition) is 4. The molecule has 1 aliphatic heterocycles. The molecule has 134 valence electrons. The van der Waals surface area contributed by atoms with E-state index in [0.29, 0.717) is 18.9 Å². The standard InChI is InChI=1S/C19H31N3O2/c1-16(2)15-24-18-6-4-17(5-7-18)14-19(23)21-8-3-11-22-12-9-20-10-13-22/h4-7,16,20H,3,8-15H2,1-2H3,(H,21,23). The van der Waals surface area contributed by atoms with Gasteiger partial charge in [0, 0.05) is 32.7 Å². The summed E-state index contributed by atoms with van der Waals surface area (Å²) in [5, 5.41) is 6.36. The molecule has 0 saturated carbocycles. The van der Waals surface area contributed by atoms with E-state index >= 15 is 0 Å². The Bertz CT molecular complexity index is 482. The maximum Gasteiger partial charge on any atom is 0.224 e. The number of nitrogens with zero attached hydrogens (tertiary/aromatic N) is 1. The molecule has 5 nitrogen and oxygen atoms in total. The predicted octanol–water partition coefficient (Wildman–Crippen LogP) is 1.68. The van der Waals surface area contributed by atoms with E-state index in [9.17, 15) is 4.79 Å². The summed E-state index contributed by atoms with van der Waals surface area (Å²) in [5.74, 6) is 1.46. The molecule has 0 radical (unpaired) electrons. The van der Waals surface area contributed by atoms with Gasteiger partial charge in [-0.05, 0) is 36.6 Å². The Labute approximate surface area is 145 Å². The summed E-state index contributed by atoms with van der Waals surface area (Å²) in [7, 11) is 0. The fraction of sp³-hybridized carbons (Fsp3) is 0.632. The molecule has 1 aliphatic rings. The Morgan fingerprint density at radius 1 is 1.25 bits per heavy atom. The zero-order chi connectivity index (χ0) is 17.2. The first-order valence-electron chi connectivity index (χ1n) is 9.05. The molecule has 1 heterocycles. The number of hydrogen-bond donors (Lipinski definition) is 2. The van der Waals surface area contributed by atoms with Crippen LogP contribution >= 0.6 is 0 Å². The van der Waals surface area contributed by atoms with Gasteiger partial charge in [0.15, 0.2) is 0 Å². The summed E-state index contributed by atoms with van der Waals surface area (Å²) in [6, 6.07) is 7.82. The maximum absolute atomic E-state index is 12.0. The van der Waals surface area contributed by atoms with Crippen LogP contribution in [0.1, 0.15) is 25.8 Å². The second kappa shape index (κ2) is 10.3. The largest absolute Gasteiger partial charge is 0.493 e. The second-order valence-corrected chi connectivity index (χ2v) is 6.82. The van der Waals surface area contributed by atoms with Crippen LogP contribution in [0.2, 0.25) is 0 Å². The van der Waals surface area contributed by atoms with E-state index in [-0.39, 0.29) is 5.91 Å². The molecule has 1 aromatic carbocycles. The van der Waals surface area contributed by atoms with Crippen molar-refractivity contribution in [3.63, 3.8) is 0 Å². The lowest BCUT2D eigenvalue weighted by Gasteiger charge is -2.27. The zero-order valence-electron chi connectivity index (χ0n) is 15.0. The van der Waals surface area contributed by atoms with Crippen molar-refractivity contribution >= 4 is 5.91 Å². The lowest BCUT2D eigenvalue weighted by atomic mass is 10.1. The summed E-state index contributed by atoms with van der Waals surface area (Å²) in [4.78, 5) is 14.4. The molecule has 0 unspecified atom stereocenters. The topological polar surface area (TPSA) is 53.6 Å². The van der Waals surface area contributed by atoms with Gasteiger partial charge in [-0.1, -0.05) is 26.0 Å². The quantitative estimate of drug-likeness (QED) is 0.675. The molecule has 0 spiro atoms. The van der Waals surface area contributed by atoms with Gasteiger partial charge in [-0.15, -0.1) is 0 Å². The van der Waals surface area contributed by atoms with E-state index in [0.717, 1.165) is 57.0 Å². The predicted molar refractivity (Wildman–Crippen MR) is 97.4 cm³/mol. The van der Waals surface area contributed by atoms with Gasteiger partial charge >= 0.3 is 0 Å². The molecular formula is C19H31N3O2. The average molecular weight is 333 g/mol. The maximum atomic E-state index is 12.0. The molecule has 1 aromatic rings. The third-order valence-electron chi connectivity index (χ3n) is 4.05. The third-order valence-corrected chi connectivity index (χ3v) is 4.05. The Hall–Kier alpha value is -1.59. The summed E-state index contributed by atoms with van der Waals surface area (Å²) >= 11 is 0. The van der Waals surface area contributed by atoms with Crippen LogP contribution in [0.5, 0.6) is 5.75 Å². The highest BCUT2D eigenvalue weighted by molar-refractivity contribution is 5.78. The molecule has 0 bridgehead atoms. The van der Waals surface area contributed by atoms with E-state index in [2.05, 4.69) is 29.4 Å². The van der Waals surface area contributed by atoms with Crippen molar-refractivity contribution in [2.45, 2.75) is 26.7 Å².